The van der Waals surface area contributed by atoms with Gasteiger partial charge in [0.1, 0.15) is 10.6 Å². The number of hydrogen-bond donors (Lipinski definition) is 3. The number of alkyl halides is 3. The molecule has 7 nitrogen and oxygen atoms in total. The van der Waals surface area contributed by atoms with E-state index >= 15 is 0 Å². The van der Waals surface area contributed by atoms with Crippen LogP contribution in [0.5, 0.6) is 0 Å². The van der Waals surface area contributed by atoms with E-state index in [0.717, 1.165) is 55.4 Å². The summed E-state index contributed by atoms with van der Waals surface area (Å²) in [6.07, 6.45) is 2.01. The first kappa shape index (κ1) is 26.6. The van der Waals surface area contributed by atoms with Gasteiger partial charge in [0.25, 0.3) is 5.91 Å². The molecule has 1 aromatic carbocycles. The number of hydrogen-bond acceptors (Lipinski definition) is 6. The zero-order valence-corrected chi connectivity index (χ0v) is 20.9. The fourth-order valence-corrected chi connectivity index (χ4v) is 5.96. The molecule has 2 aromatic rings. The largest absolute Gasteiger partial charge is 0.416 e. The maximum Gasteiger partial charge on any atom is 0.416 e. The second-order valence-corrected chi connectivity index (χ2v) is 10.7. The number of carbonyl (C=O) groups excluding carboxylic acids is 2. The highest BCUT2D eigenvalue weighted by Gasteiger charge is 2.40. The molecule has 11 heteroatoms. The first-order valence-electron chi connectivity index (χ1n) is 12.2. The molecule has 2 heterocycles. The Morgan fingerprint density at radius 3 is 2.67 bits per heavy atom. The van der Waals surface area contributed by atoms with Gasteiger partial charge >= 0.3 is 6.18 Å². The number of nitrogens with one attached hydrogen (secondary N) is 2. The summed E-state index contributed by atoms with van der Waals surface area (Å²) in [5, 5.41) is 17.2. The van der Waals surface area contributed by atoms with Gasteiger partial charge in [0.2, 0.25) is 5.91 Å². The van der Waals surface area contributed by atoms with E-state index < -0.39 is 23.2 Å². The van der Waals surface area contributed by atoms with E-state index in [0.29, 0.717) is 25.4 Å². The molecule has 4 rings (SSSR count). The van der Waals surface area contributed by atoms with Crippen molar-refractivity contribution in [2.75, 3.05) is 19.6 Å². The number of rotatable bonds is 7. The number of likely N-dealkylation sites (tertiary alicyclic amines) is 1. The number of aromatic nitrogens is 1. The predicted molar refractivity (Wildman–Crippen MR) is 130 cm³/mol. The molecule has 1 aliphatic carbocycles. The van der Waals surface area contributed by atoms with Crippen LogP contribution in [0.25, 0.3) is 0 Å². The first-order valence-corrected chi connectivity index (χ1v) is 13.1. The molecule has 2 aliphatic rings. The van der Waals surface area contributed by atoms with Crippen LogP contribution in [0.2, 0.25) is 0 Å². The Labute approximate surface area is 212 Å². The van der Waals surface area contributed by atoms with Crippen molar-refractivity contribution in [1.82, 2.24) is 20.5 Å². The van der Waals surface area contributed by atoms with E-state index in [1.54, 1.807) is 11.3 Å². The molecule has 2 fully saturated rings. The topological polar surface area (TPSA) is 94.6 Å². The van der Waals surface area contributed by atoms with Gasteiger partial charge < -0.3 is 15.7 Å². The minimum atomic E-state index is -4.54. The number of aryl methyl sites for hydroxylation is 1. The van der Waals surface area contributed by atoms with E-state index in [2.05, 4.69) is 27.4 Å². The molecule has 2 amide bonds. The predicted octanol–water partition coefficient (Wildman–Crippen LogP) is 3.48. The first-order chi connectivity index (χ1) is 17.1. The van der Waals surface area contributed by atoms with Gasteiger partial charge in [-0.2, -0.15) is 13.2 Å². The van der Waals surface area contributed by atoms with Crippen molar-refractivity contribution < 1.29 is 27.9 Å². The highest BCUT2D eigenvalue weighted by molar-refractivity contribution is 7.11. The fourth-order valence-electron chi connectivity index (χ4n) is 4.96. The number of halogens is 3. The molecule has 1 aliphatic heterocycles. The zero-order valence-electron chi connectivity index (χ0n) is 20.1. The lowest BCUT2D eigenvalue weighted by Gasteiger charge is -2.38. The average molecular weight is 525 g/mol. The Morgan fingerprint density at radius 2 is 2.00 bits per heavy atom. The van der Waals surface area contributed by atoms with Crippen molar-refractivity contribution in [3.63, 3.8) is 0 Å². The lowest BCUT2D eigenvalue weighted by atomic mass is 9.82. The highest BCUT2D eigenvalue weighted by atomic mass is 32.1. The molecule has 36 heavy (non-hydrogen) atoms. The van der Waals surface area contributed by atoms with Gasteiger partial charge in [0.15, 0.2) is 0 Å². The highest BCUT2D eigenvalue weighted by Crippen LogP contribution is 2.40. The second kappa shape index (κ2) is 10.9. The maximum absolute atomic E-state index is 12.9. The zero-order chi connectivity index (χ0) is 25.9. The Morgan fingerprint density at radius 1 is 1.25 bits per heavy atom. The van der Waals surface area contributed by atoms with E-state index in [1.807, 2.05) is 6.20 Å². The molecular formula is C25H31F3N4O3S. The molecule has 1 aromatic heterocycles. The summed E-state index contributed by atoms with van der Waals surface area (Å²) in [6.45, 7) is 3.29. The SMILES string of the molecule is CCc1cnc(C2(O)CCC(N3CCC(NC(=O)CNC(=O)c4cccc(C(F)(F)F)c4)C3)CC2)s1. The number of amides is 2. The minimum Gasteiger partial charge on any atom is -0.383 e. The van der Waals surface area contributed by atoms with Crippen molar-refractivity contribution in [3.8, 4) is 0 Å². The summed E-state index contributed by atoms with van der Waals surface area (Å²) in [6, 6.07) is 4.37. The van der Waals surface area contributed by atoms with Crippen LogP contribution in [0.3, 0.4) is 0 Å². The van der Waals surface area contributed by atoms with Crippen molar-refractivity contribution >= 4 is 23.2 Å². The van der Waals surface area contributed by atoms with E-state index in [1.165, 1.54) is 10.9 Å². The van der Waals surface area contributed by atoms with Gasteiger partial charge in [0, 0.05) is 41.8 Å². The summed E-state index contributed by atoms with van der Waals surface area (Å²) >= 11 is 1.58. The minimum absolute atomic E-state index is 0.0603. The summed E-state index contributed by atoms with van der Waals surface area (Å²) in [5.74, 6) is -1.11. The van der Waals surface area contributed by atoms with Crippen LogP contribution < -0.4 is 10.6 Å². The molecule has 0 spiro atoms. The Hall–Kier alpha value is -2.50. The van der Waals surface area contributed by atoms with Gasteiger partial charge in [-0.1, -0.05) is 13.0 Å². The third-order valence-electron chi connectivity index (χ3n) is 7.05. The Bertz CT molecular complexity index is 1080. The molecule has 1 atom stereocenters. The molecular weight excluding hydrogens is 493 g/mol. The van der Waals surface area contributed by atoms with Crippen LogP contribution in [-0.4, -0.2) is 58.5 Å². The summed E-state index contributed by atoms with van der Waals surface area (Å²) < 4.78 is 38.6. The number of thiazole rings is 1. The average Bonchev–Trinajstić information content (AvgIpc) is 3.53. The standard InChI is InChI=1S/C25H31F3N4O3S/c1-2-20-13-30-23(36-20)24(35)9-6-19(7-10-24)32-11-8-18(15-32)31-21(33)14-29-22(34)16-4-3-5-17(12-16)25(26,27)28/h3-5,12-13,18-19,35H,2,6-11,14-15H2,1H3,(H,29,34)(H,31,33). The quantitative estimate of drug-likeness (QED) is 0.516. The number of nitrogens with zero attached hydrogens (tertiary/aromatic N) is 2. The van der Waals surface area contributed by atoms with Gasteiger partial charge in [-0.05, 0) is 56.7 Å². The van der Waals surface area contributed by atoms with Gasteiger partial charge in [-0.15, -0.1) is 11.3 Å². The van der Waals surface area contributed by atoms with Gasteiger partial charge in [-0.25, -0.2) is 4.98 Å². The van der Waals surface area contributed by atoms with Crippen molar-refractivity contribution in [2.24, 2.45) is 0 Å². The van der Waals surface area contributed by atoms with Crippen LogP contribution in [0.4, 0.5) is 13.2 Å². The van der Waals surface area contributed by atoms with Crippen LogP contribution in [0.15, 0.2) is 30.5 Å². The summed E-state index contributed by atoms with van der Waals surface area (Å²) in [7, 11) is 0. The third kappa shape index (κ3) is 6.24. The number of aliphatic hydroxyl groups is 1. The molecule has 3 N–H and O–H groups in total. The molecule has 0 bridgehead atoms. The monoisotopic (exact) mass is 524 g/mol. The lowest BCUT2D eigenvalue weighted by molar-refractivity contribution is -0.137. The fraction of sp³-hybridized carbons (Fsp3) is 0.560. The van der Waals surface area contributed by atoms with E-state index in [4.69, 9.17) is 0 Å². The van der Waals surface area contributed by atoms with Gasteiger partial charge in [-0.3, -0.25) is 14.5 Å². The molecule has 1 unspecified atom stereocenters. The van der Waals surface area contributed by atoms with Crippen LogP contribution in [0, 0.1) is 0 Å². The maximum atomic E-state index is 12.9. The molecule has 0 radical (unpaired) electrons. The van der Waals surface area contributed by atoms with Crippen molar-refractivity contribution in [3.05, 3.63) is 51.5 Å². The van der Waals surface area contributed by atoms with Crippen molar-refractivity contribution in [1.29, 1.82) is 0 Å². The molecule has 196 valence electrons. The summed E-state index contributed by atoms with van der Waals surface area (Å²) in [5.41, 5.74) is -1.92. The normalized spacial score (nSPS) is 25.0. The third-order valence-corrected chi connectivity index (χ3v) is 8.38. The van der Waals surface area contributed by atoms with E-state index in [-0.39, 0.29) is 24.1 Å². The molecule has 1 saturated carbocycles. The second-order valence-electron chi connectivity index (χ2n) is 9.56. The smallest absolute Gasteiger partial charge is 0.383 e. The molecule has 1 saturated heterocycles. The van der Waals surface area contributed by atoms with Gasteiger partial charge in [0.05, 0.1) is 12.1 Å². The van der Waals surface area contributed by atoms with Crippen LogP contribution >= 0.6 is 11.3 Å². The van der Waals surface area contributed by atoms with Crippen LogP contribution in [0.1, 0.15) is 64.8 Å². The number of benzene rings is 1. The Balaban J connectivity index is 1.21. The van der Waals surface area contributed by atoms with Crippen LogP contribution in [-0.2, 0) is 23.0 Å². The van der Waals surface area contributed by atoms with Crippen molar-refractivity contribution in [2.45, 2.75) is 69.3 Å². The Kier molecular flexibility index (Phi) is 8.01. The lowest BCUT2D eigenvalue weighted by Crippen LogP contribution is -2.45. The summed E-state index contributed by atoms with van der Waals surface area (Å²) in [4.78, 5) is 32.5. The van der Waals surface area contributed by atoms with E-state index in [9.17, 15) is 27.9 Å². The number of carbonyl (C=O) groups is 2.